The Hall–Kier alpha value is -3.04. The Labute approximate surface area is 151 Å². The summed E-state index contributed by atoms with van der Waals surface area (Å²) >= 11 is 3.33. The lowest BCUT2D eigenvalue weighted by Gasteiger charge is -2.08. The lowest BCUT2D eigenvalue weighted by atomic mass is 10.1. The summed E-state index contributed by atoms with van der Waals surface area (Å²) < 4.78 is 16.7. The molecule has 4 nitrogen and oxygen atoms in total. The zero-order valence-electron chi connectivity index (χ0n) is 12.8. The zero-order valence-corrected chi connectivity index (χ0v) is 14.4. The monoisotopic (exact) mass is 392 g/mol. The Bertz CT molecular complexity index is 1140. The molecular weight excluding hydrogens is 383 g/mol. The Morgan fingerprint density at radius 1 is 1.08 bits per heavy atom. The highest BCUT2D eigenvalue weighted by atomic mass is 79.9. The van der Waals surface area contributed by atoms with Crippen LogP contribution in [0.3, 0.4) is 0 Å². The second-order valence-corrected chi connectivity index (χ2v) is 6.39. The van der Waals surface area contributed by atoms with E-state index in [0.717, 1.165) is 22.3 Å². The van der Waals surface area contributed by atoms with Crippen LogP contribution in [-0.2, 0) is 0 Å². The summed E-state index contributed by atoms with van der Waals surface area (Å²) in [5.41, 5.74) is 4.17. The number of hydrogen-bond acceptors (Lipinski definition) is 3. The number of benzene rings is 2. The molecule has 0 amide bonds. The maximum Gasteiger partial charge on any atom is 0.220 e. The van der Waals surface area contributed by atoms with Crippen LogP contribution < -0.4 is 0 Å². The van der Waals surface area contributed by atoms with E-state index in [4.69, 9.17) is 5.26 Å². The number of aromatic nitrogens is 3. The predicted molar refractivity (Wildman–Crippen MR) is 96.7 cm³/mol. The van der Waals surface area contributed by atoms with Crippen molar-refractivity contribution in [3.05, 3.63) is 77.0 Å². The smallest absolute Gasteiger partial charge is 0.220 e. The average molecular weight is 393 g/mol. The third-order valence-corrected chi connectivity index (χ3v) is 4.35. The van der Waals surface area contributed by atoms with Crippen LogP contribution in [-0.4, -0.2) is 14.5 Å². The number of imidazole rings is 1. The van der Waals surface area contributed by atoms with Crippen molar-refractivity contribution < 1.29 is 4.39 Å². The van der Waals surface area contributed by atoms with E-state index < -0.39 is 5.95 Å². The standard InChI is InChI=1S/C19H10BrFN4/c20-14-8-16(19(21)23-10-14)13-2-1-3-15(7-13)25-11-24-17-6-12(9-22)4-5-18(17)25/h1-8,10-11H. The molecule has 120 valence electrons. The van der Waals surface area contributed by atoms with E-state index in [0.29, 0.717) is 15.6 Å². The molecule has 0 saturated heterocycles. The van der Waals surface area contributed by atoms with Gasteiger partial charge in [0.25, 0.3) is 0 Å². The minimum Gasteiger partial charge on any atom is -0.299 e. The SMILES string of the molecule is N#Cc1ccc2c(c1)ncn2-c1cccc(-c2cc(Br)cnc2F)c1. The highest BCUT2D eigenvalue weighted by molar-refractivity contribution is 9.10. The van der Waals surface area contributed by atoms with Crippen LogP contribution in [0.2, 0.25) is 0 Å². The first-order valence-corrected chi connectivity index (χ1v) is 8.24. The van der Waals surface area contributed by atoms with Crippen LogP contribution >= 0.6 is 15.9 Å². The Kier molecular flexibility index (Phi) is 3.79. The Balaban J connectivity index is 1.85. The van der Waals surface area contributed by atoms with E-state index in [-0.39, 0.29) is 0 Å². The maximum atomic E-state index is 14.1. The second-order valence-electron chi connectivity index (χ2n) is 5.47. The quantitative estimate of drug-likeness (QED) is 0.457. The number of halogens is 2. The summed E-state index contributed by atoms with van der Waals surface area (Å²) in [6.07, 6.45) is 3.12. The molecule has 0 aliphatic carbocycles. The summed E-state index contributed by atoms with van der Waals surface area (Å²) in [6, 6.07) is 16.7. The van der Waals surface area contributed by atoms with Gasteiger partial charge in [-0.15, -0.1) is 0 Å². The number of fused-ring (bicyclic) bond motifs is 1. The molecule has 0 radical (unpaired) electrons. The number of nitrogens with zero attached hydrogens (tertiary/aromatic N) is 4. The van der Waals surface area contributed by atoms with Crippen molar-refractivity contribution in [3.63, 3.8) is 0 Å². The number of nitriles is 1. The van der Waals surface area contributed by atoms with E-state index in [1.165, 1.54) is 6.20 Å². The molecule has 2 aromatic heterocycles. The van der Waals surface area contributed by atoms with Gasteiger partial charge in [-0.1, -0.05) is 12.1 Å². The first-order chi connectivity index (χ1) is 12.2. The van der Waals surface area contributed by atoms with Crippen LogP contribution in [0.4, 0.5) is 4.39 Å². The second kappa shape index (κ2) is 6.11. The summed E-state index contributed by atoms with van der Waals surface area (Å²) in [7, 11) is 0. The lowest BCUT2D eigenvalue weighted by Crippen LogP contribution is -1.94. The van der Waals surface area contributed by atoms with Gasteiger partial charge in [0.05, 0.1) is 22.7 Å². The van der Waals surface area contributed by atoms with Crippen molar-refractivity contribution in [2.45, 2.75) is 0 Å². The van der Waals surface area contributed by atoms with E-state index >= 15 is 0 Å². The number of rotatable bonds is 2. The highest BCUT2D eigenvalue weighted by Gasteiger charge is 2.10. The third kappa shape index (κ3) is 2.79. The molecule has 0 bridgehead atoms. The summed E-state index contributed by atoms with van der Waals surface area (Å²) in [6.45, 7) is 0. The molecule has 4 rings (SSSR count). The van der Waals surface area contributed by atoms with Crippen molar-refractivity contribution in [2.75, 3.05) is 0 Å². The van der Waals surface area contributed by atoms with Gasteiger partial charge in [-0.3, -0.25) is 4.57 Å². The van der Waals surface area contributed by atoms with Crippen LogP contribution in [0, 0.1) is 17.3 Å². The third-order valence-electron chi connectivity index (χ3n) is 3.92. The molecule has 0 aliphatic heterocycles. The van der Waals surface area contributed by atoms with Crippen molar-refractivity contribution in [2.24, 2.45) is 0 Å². The van der Waals surface area contributed by atoms with E-state index in [2.05, 4.69) is 32.0 Å². The van der Waals surface area contributed by atoms with Gasteiger partial charge in [-0.05, 0) is 57.9 Å². The molecule has 4 aromatic rings. The van der Waals surface area contributed by atoms with Gasteiger partial charge in [0.1, 0.15) is 6.33 Å². The number of pyridine rings is 1. The predicted octanol–water partition coefficient (Wildman–Crippen LogP) is 4.86. The van der Waals surface area contributed by atoms with Gasteiger partial charge in [0.2, 0.25) is 5.95 Å². The molecule has 0 spiro atoms. The largest absolute Gasteiger partial charge is 0.299 e. The van der Waals surface area contributed by atoms with Crippen LogP contribution in [0.1, 0.15) is 5.56 Å². The van der Waals surface area contributed by atoms with Crippen LogP contribution in [0.15, 0.2) is 65.5 Å². The lowest BCUT2D eigenvalue weighted by molar-refractivity contribution is 0.587. The molecule has 2 heterocycles. The molecule has 0 N–H and O–H groups in total. The Morgan fingerprint density at radius 2 is 1.96 bits per heavy atom. The van der Waals surface area contributed by atoms with Crippen LogP contribution in [0.25, 0.3) is 27.8 Å². The minimum absolute atomic E-state index is 0.424. The van der Waals surface area contributed by atoms with Gasteiger partial charge in [0, 0.05) is 21.9 Å². The van der Waals surface area contributed by atoms with Crippen LogP contribution in [0.5, 0.6) is 0 Å². The fourth-order valence-electron chi connectivity index (χ4n) is 2.74. The summed E-state index contributed by atoms with van der Waals surface area (Å²) in [4.78, 5) is 8.11. The molecule has 0 saturated carbocycles. The van der Waals surface area contributed by atoms with Gasteiger partial charge < -0.3 is 0 Å². The average Bonchev–Trinajstić information content (AvgIpc) is 3.07. The topological polar surface area (TPSA) is 54.5 Å². The normalized spacial score (nSPS) is 10.8. The van der Waals surface area contributed by atoms with Gasteiger partial charge in [-0.25, -0.2) is 9.97 Å². The summed E-state index contributed by atoms with van der Waals surface area (Å²) in [5.74, 6) is -0.519. The van der Waals surface area contributed by atoms with Crippen molar-refractivity contribution >= 4 is 27.0 Å². The molecule has 2 aromatic carbocycles. The fourth-order valence-corrected chi connectivity index (χ4v) is 3.07. The molecule has 0 atom stereocenters. The Morgan fingerprint density at radius 3 is 2.80 bits per heavy atom. The molecule has 0 aliphatic rings. The maximum absolute atomic E-state index is 14.1. The first-order valence-electron chi connectivity index (χ1n) is 7.45. The van der Waals surface area contributed by atoms with Crippen molar-refractivity contribution in [3.8, 4) is 22.9 Å². The van der Waals surface area contributed by atoms with Gasteiger partial charge >= 0.3 is 0 Å². The zero-order chi connectivity index (χ0) is 17.4. The summed E-state index contributed by atoms with van der Waals surface area (Å²) in [5, 5.41) is 9.00. The molecule has 6 heteroatoms. The molecule has 0 unspecified atom stereocenters. The van der Waals surface area contributed by atoms with E-state index in [1.54, 1.807) is 24.5 Å². The van der Waals surface area contributed by atoms with Gasteiger partial charge in [-0.2, -0.15) is 9.65 Å². The van der Waals surface area contributed by atoms with Gasteiger partial charge in [0.15, 0.2) is 0 Å². The van der Waals surface area contributed by atoms with E-state index in [9.17, 15) is 4.39 Å². The van der Waals surface area contributed by atoms with Crippen molar-refractivity contribution in [1.29, 1.82) is 5.26 Å². The first kappa shape index (κ1) is 15.5. The minimum atomic E-state index is -0.519. The highest BCUT2D eigenvalue weighted by Crippen LogP contribution is 2.27. The molecular formula is C19H10BrFN4. The molecule has 25 heavy (non-hydrogen) atoms. The molecule has 0 fully saturated rings. The van der Waals surface area contributed by atoms with Crippen molar-refractivity contribution in [1.82, 2.24) is 14.5 Å². The van der Waals surface area contributed by atoms with E-state index in [1.807, 2.05) is 34.9 Å². The number of hydrogen-bond donors (Lipinski definition) is 0. The fraction of sp³-hybridized carbons (Fsp3) is 0.